The van der Waals surface area contributed by atoms with Crippen LogP contribution in [0.3, 0.4) is 0 Å². The summed E-state index contributed by atoms with van der Waals surface area (Å²) >= 11 is 1.40. The van der Waals surface area contributed by atoms with Crippen LogP contribution in [-0.2, 0) is 11.3 Å². The molecule has 2 N–H and O–H groups in total. The molecule has 1 aromatic rings. The Morgan fingerprint density at radius 2 is 2.06 bits per heavy atom. The van der Waals surface area contributed by atoms with Crippen LogP contribution in [0, 0.1) is 0 Å². The summed E-state index contributed by atoms with van der Waals surface area (Å²) in [5, 5.41) is 11.7. The first kappa shape index (κ1) is 13.1. The maximum absolute atomic E-state index is 10.9. The van der Waals surface area contributed by atoms with E-state index in [9.17, 15) is 4.79 Å². The molecule has 0 spiro atoms. The molecule has 16 heavy (non-hydrogen) atoms. The van der Waals surface area contributed by atoms with Gasteiger partial charge in [0, 0.05) is 11.4 Å². The predicted octanol–water partition coefficient (Wildman–Crippen LogP) is 2.36. The molecule has 4 heteroatoms. The molecule has 1 unspecified atom stereocenters. The molecule has 0 aromatic heterocycles. The van der Waals surface area contributed by atoms with Gasteiger partial charge < -0.3 is 10.4 Å². The highest BCUT2D eigenvalue weighted by Crippen LogP contribution is 2.25. The molecule has 88 valence electrons. The van der Waals surface area contributed by atoms with Gasteiger partial charge in [0.25, 0.3) is 0 Å². The first-order valence-electron chi connectivity index (χ1n) is 5.30. The molecular formula is C12H17NO2S. The molecule has 0 radical (unpaired) electrons. The number of benzene rings is 1. The van der Waals surface area contributed by atoms with Gasteiger partial charge in [0.15, 0.2) is 0 Å². The number of carboxylic acids is 1. The Balaban J connectivity index is 2.63. The smallest absolute Gasteiger partial charge is 0.316 e. The maximum Gasteiger partial charge on any atom is 0.316 e. The van der Waals surface area contributed by atoms with E-state index in [0.717, 1.165) is 11.4 Å². The summed E-state index contributed by atoms with van der Waals surface area (Å²) in [5.41, 5.74) is 1.20. The number of rotatable bonds is 6. The maximum atomic E-state index is 10.9. The predicted molar refractivity (Wildman–Crippen MR) is 66.8 cm³/mol. The van der Waals surface area contributed by atoms with Gasteiger partial charge in [-0.25, -0.2) is 0 Å². The minimum Gasteiger partial charge on any atom is -0.480 e. The Bertz CT molecular complexity index is 337. The summed E-state index contributed by atoms with van der Waals surface area (Å²) < 4.78 is 0. The molecule has 1 rings (SSSR count). The zero-order valence-electron chi connectivity index (χ0n) is 9.56. The van der Waals surface area contributed by atoms with Crippen LogP contribution in [0.25, 0.3) is 0 Å². The van der Waals surface area contributed by atoms with Crippen molar-refractivity contribution >= 4 is 17.7 Å². The third-order valence-electron chi connectivity index (χ3n) is 2.23. The van der Waals surface area contributed by atoms with Crippen molar-refractivity contribution in [2.45, 2.75) is 30.0 Å². The second kappa shape index (κ2) is 6.55. The lowest BCUT2D eigenvalue weighted by atomic mass is 10.2. The highest BCUT2D eigenvalue weighted by atomic mass is 32.2. The number of carbonyl (C=O) groups is 1. The minimum absolute atomic E-state index is 0.352. The van der Waals surface area contributed by atoms with Crippen LogP contribution in [0.2, 0.25) is 0 Å². The summed E-state index contributed by atoms with van der Waals surface area (Å²) in [6.07, 6.45) is 0.637. The highest BCUT2D eigenvalue weighted by molar-refractivity contribution is 8.00. The number of nitrogens with one attached hydrogen (secondary N) is 1. The first-order chi connectivity index (χ1) is 7.67. The van der Waals surface area contributed by atoms with Gasteiger partial charge >= 0.3 is 5.97 Å². The monoisotopic (exact) mass is 239 g/mol. The molecule has 0 saturated carbocycles. The number of carboxylic acid groups (broad SMARTS) is 1. The standard InChI is InChI=1S/C12H17NO2S/c1-3-11(12(14)15)16-10-6-4-9(5-7-10)8-13-2/h4-7,11,13H,3,8H2,1-2H3,(H,14,15). The number of hydrogen-bond acceptors (Lipinski definition) is 3. The van der Waals surface area contributed by atoms with Crippen LogP contribution >= 0.6 is 11.8 Å². The lowest BCUT2D eigenvalue weighted by Gasteiger charge is -2.09. The molecule has 1 atom stereocenters. The van der Waals surface area contributed by atoms with Gasteiger partial charge in [-0.2, -0.15) is 0 Å². The quantitative estimate of drug-likeness (QED) is 0.748. The Hall–Kier alpha value is -1.00. The van der Waals surface area contributed by atoms with Crippen LogP contribution in [0.1, 0.15) is 18.9 Å². The van der Waals surface area contributed by atoms with Crippen molar-refractivity contribution in [3.63, 3.8) is 0 Å². The zero-order valence-corrected chi connectivity index (χ0v) is 10.4. The number of thioether (sulfide) groups is 1. The van der Waals surface area contributed by atoms with E-state index >= 15 is 0 Å². The number of aliphatic carboxylic acids is 1. The second-order valence-electron chi connectivity index (χ2n) is 3.53. The molecular weight excluding hydrogens is 222 g/mol. The second-order valence-corrected chi connectivity index (χ2v) is 4.80. The fourth-order valence-electron chi connectivity index (χ4n) is 1.36. The Morgan fingerprint density at radius 3 is 2.50 bits per heavy atom. The highest BCUT2D eigenvalue weighted by Gasteiger charge is 2.15. The normalized spacial score (nSPS) is 12.4. The van der Waals surface area contributed by atoms with E-state index in [1.54, 1.807) is 0 Å². The van der Waals surface area contributed by atoms with Crippen LogP contribution < -0.4 is 5.32 Å². The van der Waals surface area contributed by atoms with Gasteiger partial charge in [-0.1, -0.05) is 19.1 Å². The Labute approximate surface area is 100 Å². The third kappa shape index (κ3) is 3.87. The average Bonchev–Trinajstić information content (AvgIpc) is 2.28. The van der Waals surface area contributed by atoms with E-state index in [-0.39, 0.29) is 5.25 Å². The van der Waals surface area contributed by atoms with Crippen molar-refractivity contribution in [2.75, 3.05) is 7.05 Å². The molecule has 0 bridgehead atoms. The van der Waals surface area contributed by atoms with Crippen molar-refractivity contribution in [1.82, 2.24) is 5.32 Å². The van der Waals surface area contributed by atoms with Gasteiger partial charge in [-0.05, 0) is 31.2 Å². The SMILES string of the molecule is CCC(Sc1ccc(CNC)cc1)C(=O)O. The molecule has 0 heterocycles. The summed E-state index contributed by atoms with van der Waals surface area (Å²) in [5.74, 6) is -0.744. The molecule has 0 aliphatic heterocycles. The van der Waals surface area contributed by atoms with E-state index in [1.807, 2.05) is 38.2 Å². The van der Waals surface area contributed by atoms with Crippen molar-refractivity contribution < 1.29 is 9.90 Å². The fourth-order valence-corrected chi connectivity index (χ4v) is 2.25. The van der Waals surface area contributed by atoms with Crippen LogP contribution in [0.5, 0.6) is 0 Å². The topological polar surface area (TPSA) is 49.3 Å². The van der Waals surface area contributed by atoms with E-state index in [0.29, 0.717) is 6.42 Å². The summed E-state index contributed by atoms with van der Waals surface area (Å²) in [7, 11) is 1.90. The molecule has 0 amide bonds. The fraction of sp³-hybridized carbons (Fsp3) is 0.417. The van der Waals surface area contributed by atoms with Crippen LogP contribution in [0.15, 0.2) is 29.2 Å². The zero-order chi connectivity index (χ0) is 12.0. The van der Waals surface area contributed by atoms with Gasteiger partial charge in [-0.3, -0.25) is 4.79 Å². The molecule has 0 aliphatic carbocycles. The lowest BCUT2D eigenvalue weighted by molar-refractivity contribution is -0.136. The van der Waals surface area contributed by atoms with Crippen molar-refractivity contribution in [2.24, 2.45) is 0 Å². The largest absolute Gasteiger partial charge is 0.480 e. The Morgan fingerprint density at radius 1 is 1.44 bits per heavy atom. The Kier molecular flexibility index (Phi) is 5.35. The molecule has 1 aromatic carbocycles. The van der Waals surface area contributed by atoms with Crippen molar-refractivity contribution in [3.8, 4) is 0 Å². The van der Waals surface area contributed by atoms with E-state index in [4.69, 9.17) is 5.11 Å². The third-order valence-corrected chi connectivity index (χ3v) is 3.59. The van der Waals surface area contributed by atoms with Gasteiger partial charge in [0.2, 0.25) is 0 Å². The van der Waals surface area contributed by atoms with Gasteiger partial charge in [-0.15, -0.1) is 11.8 Å². The summed E-state index contributed by atoms with van der Waals surface area (Å²) in [4.78, 5) is 11.9. The molecule has 0 fully saturated rings. The van der Waals surface area contributed by atoms with Crippen LogP contribution in [-0.4, -0.2) is 23.4 Å². The average molecular weight is 239 g/mol. The summed E-state index contributed by atoms with van der Waals surface area (Å²) in [6, 6.07) is 7.99. The van der Waals surface area contributed by atoms with Crippen molar-refractivity contribution in [1.29, 1.82) is 0 Å². The van der Waals surface area contributed by atoms with Crippen molar-refractivity contribution in [3.05, 3.63) is 29.8 Å². The van der Waals surface area contributed by atoms with Crippen LogP contribution in [0.4, 0.5) is 0 Å². The van der Waals surface area contributed by atoms with E-state index in [2.05, 4.69) is 5.32 Å². The molecule has 0 aliphatic rings. The van der Waals surface area contributed by atoms with E-state index < -0.39 is 5.97 Å². The molecule has 3 nitrogen and oxygen atoms in total. The number of hydrogen-bond donors (Lipinski definition) is 2. The summed E-state index contributed by atoms with van der Waals surface area (Å²) in [6.45, 7) is 2.72. The first-order valence-corrected chi connectivity index (χ1v) is 6.18. The lowest BCUT2D eigenvalue weighted by Crippen LogP contribution is -2.14. The van der Waals surface area contributed by atoms with Gasteiger partial charge in [0.05, 0.1) is 0 Å². The van der Waals surface area contributed by atoms with E-state index in [1.165, 1.54) is 17.3 Å². The van der Waals surface area contributed by atoms with Gasteiger partial charge in [0.1, 0.15) is 5.25 Å². The molecule has 0 saturated heterocycles. The minimum atomic E-state index is -0.744.